The standard InChI is InChI=1S/C14H15FN2O3S/c1-3-10-7-11(17(2)16-10)8-21(20)13-6-9(14(18)19)4-5-12(13)15/h4-7H,3,8H2,1-2H3,(H,18,19). The SMILES string of the molecule is CCc1cc(CS(=O)c2cc(C(=O)O)ccc2F)n(C)n1. The van der Waals surface area contributed by atoms with Crippen molar-refractivity contribution >= 4 is 16.8 Å². The Kier molecular flexibility index (Phi) is 4.52. The summed E-state index contributed by atoms with van der Waals surface area (Å²) in [4.78, 5) is 10.8. The highest BCUT2D eigenvalue weighted by molar-refractivity contribution is 7.84. The van der Waals surface area contributed by atoms with E-state index in [0.29, 0.717) is 5.69 Å². The molecule has 1 heterocycles. The summed E-state index contributed by atoms with van der Waals surface area (Å²) >= 11 is 0. The first-order valence-electron chi connectivity index (χ1n) is 6.35. The molecule has 0 aliphatic rings. The van der Waals surface area contributed by atoms with Crippen LogP contribution in [0.15, 0.2) is 29.2 Å². The van der Waals surface area contributed by atoms with Crippen LogP contribution in [0.5, 0.6) is 0 Å². The summed E-state index contributed by atoms with van der Waals surface area (Å²) in [5.74, 6) is -1.76. The fourth-order valence-electron chi connectivity index (χ4n) is 1.90. The van der Waals surface area contributed by atoms with Gasteiger partial charge >= 0.3 is 5.97 Å². The Morgan fingerprint density at radius 2 is 2.14 bits per heavy atom. The van der Waals surface area contributed by atoms with E-state index in [-0.39, 0.29) is 16.2 Å². The molecular formula is C14H15FN2O3S. The van der Waals surface area contributed by atoms with Crippen molar-refractivity contribution in [2.45, 2.75) is 24.0 Å². The quantitative estimate of drug-likeness (QED) is 0.918. The number of carboxylic acid groups (broad SMARTS) is 1. The minimum atomic E-state index is -1.67. The minimum Gasteiger partial charge on any atom is -0.478 e. The zero-order valence-electron chi connectivity index (χ0n) is 11.7. The molecule has 0 saturated carbocycles. The second-order valence-corrected chi connectivity index (χ2v) is 5.96. The molecule has 1 atom stereocenters. The van der Waals surface area contributed by atoms with Gasteiger partial charge in [-0.3, -0.25) is 8.89 Å². The van der Waals surface area contributed by atoms with Gasteiger partial charge in [0.05, 0.1) is 38.4 Å². The fraction of sp³-hybridized carbons (Fsp3) is 0.286. The predicted molar refractivity (Wildman–Crippen MR) is 76.1 cm³/mol. The lowest BCUT2D eigenvalue weighted by atomic mass is 10.2. The first kappa shape index (κ1) is 15.4. The molecule has 0 bridgehead atoms. The molecule has 0 spiro atoms. The molecule has 2 rings (SSSR count). The Bertz CT molecular complexity index is 712. The molecule has 0 aliphatic heterocycles. The third-order valence-electron chi connectivity index (χ3n) is 3.09. The summed E-state index contributed by atoms with van der Waals surface area (Å²) in [5, 5.41) is 13.2. The van der Waals surface area contributed by atoms with Crippen molar-refractivity contribution < 1.29 is 18.5 Å². The van der Waals surface area contributed by atoms with Gasteiger partial charge in [-0.2, -0.15) is 5.10 Å². The average Bonchev–Trinajstić information content (AvgIpc) is 2.79. The molecule has 0 radical (unpaired) electrons. The molecule has 0 amide bonds. The van der Waals surface area contributed by atoms with E-state index in [9.17, 15) is 13.4 Å². The van der Waals surface area contributed by atoms with Gasteiger partial charge in [-0.15, -0.1) is 0 Å². The molecule has 0 fully saturated rings. The number of hydrogen-bond donors (Lipinski definition) is 1. The molecule has 7 heteroatoms. The predicted octanol–water partition coefficient (Wildman–Crippen LogP) is 2.13. The van der Waals surface area contributed by atoms with Gasteiger partial charge in [0.2, 0.25) is 0 Å². The van der Waals surface area contributed by atoms with Gasteiger partial charge in [0.25, 0.3) is 0 Å². The monoisotopic (exact) mass is 310 g/mol. The molecule has 0 aliphatic carbocycles. The van der Waals surface area contributed by atoms with E-state index >= 15 is 0 Å². The van der Waals surface area contributed by atoms with E-state index < -0.39 is 22.6 Å². The molecule has 112 valence electrons. The van der Waals surface area contributed by atoms with Crippen molar-refractivity contribution in [3.05, 3.63) is 47.0 Å². The number of aryl methyl sites for hydroxylation is 2. The average molecular weight is 310 g/mol. The van der Waals surface area contributed by atoms with Crippen molar-refractivity contribution in [2.24, 2.45) is 7.05 Å². The molecule has 1 aromatic heterocycles. The van der Waals surface area contributed by atoms with Crippen LogP contribution in [-0.2, 0) is 30.0 Å². The summed E-state index contributed by atoms with van der Waals surface area (Å²) in [6.07, 6.45) is 0.753. The Labute approximate surface area is 123 Å². The Morgan fingerprint density at radius 3 is 2.71 bits per heavy atom. The van der Waals surface area contributed by atoms with Crippen LogP contribution in [0.3, 0.4) is 0 Å². The molecule has 5 nitrogen and oxygen atoms in total. The summed E-state index contributed by atoms with van der Waals surface area (Å²) < 4.78 is 27.7. The van der Waals surface area contributed by atoms with E-state index in [2.05, 4.69) is 5.10 Å². The van der Waals surface area contributed by atoms with Crippen LogP contribution in [0.4, 0.5) is 4.39 Å². The van der Waals surface area contributed by atoms with Gasteiger partial charge in [0, 0.05) is 7.05 Å². The number of benzene rings is 1. The highest BCUT2D eigenvalue weighted by Crippen LogP contribution is 2.18. The first-order chi connectivity index (χ1) is 9.92. The number of rotatable bonds is 5. The lowest BCUT2D eigenvalue weighted by Gasteiger charge is -2.05. The topological polar surface area (TPSA) is 72.2 Å². The third-order valence-corrected chi connectivity index (χ3v) is 4.45. The number of carboxylic acids is 1. The van der Waals surface area contributed by atoms with E-state index in [4.69, 9.17) is 5.11 Å². The molecular weight excluding hydrogens is 295 g/mol. The van der Waals surface area contributed by atoms with Crippen LogP contribution in [0, 0.1) is 5.82 Å². The summed E-state index contributed by atoms with van der Waals surface area (Å²) in [6, 6.07) is 5.11. The largest absolute Gasteiger partial charge is 0.478 e. The maximum absolute atomic E-state index is 13.7. The number of halogens is 1. The fourth-order valence-corrected chi connectivity index (χ4v) is 3.14. The van der Waals surface area contributed by atoms with E-state index in [1.54, 1.807) is 11.7 Å². The van der Waals surface area contributed by atoms with Crippen molar-refractivity contribution in [1.29, 1.82) is 0 Å². The number of aromatic nitrogens is 2. The van der Waals surface area contributed by atoms with Gasteiger partial charge in [-0.1, -0.05) is 6.92 Å². The van der Waals surface area contributed by atoms with Gasteiger partial charge in [0.15, 0.2) is 0 Å². The smallest absolute Gasteiger partial charge is 0.335 e. The maximum Gasteiger partial charge on any atom is 0.335 e. The zero-order valence-corrected chi connectivity index (χ0v) is 12.5. The van der Waals surface area contributed by atoms with Crippen LogP contribution in [-0.4, -0.2) is 25.1 Å². The summed E-state index contributed by atoms with van der Waals surface area (Å²) in [6.45, 7) is 1.96. The summed E-state index contributed by atoms with van der Waals surface area (Å²) in [5.41, 5.74) is 1.49. The second kappa shape index (κ2) is 6.17. The molecule has 2 aromatic rings. The summed E-state index contributed by atoms with van der Waals surface area (Å²) in [7, 11) is 0.0610. The number of aromatic carboxylic acids is 1. The molecule has 1 aromatic carbocycles. The van der Waals surface area contributed by atoms with Gasteiger partial charge < -0.3 is 5.11 Å². The normalized spacial score (nSPS) is 12.3. The minimum absolute atomic E-state index is 0.0843. The van der Waals surface area contributed by atoms with Gasteiger partial charge in [0.1, 0.15) is 5.82 Å². The van der Waals surface area contributed by atoms with Gasteiger partial charge in [-0.25, -0.2) is 9.18 Å². The second-order valence-electron chi connectivity index (χ2n) is 4.54. The number of carbonyl (C=O) groups is 1. The van der Waals surface area contributed by atoms with E-state index in [1.165, 1.54) is 0 Å². The first-order valence-corrected chi connectivity index (χ1v) is 7.67. The number of nitrogens with zero attached hydrogens (tertiary/aromatic N) is 2. The van der Waals surface area contributed by atoms with E-state index in [1.807, 2.05) is 13.0 Å². The molecule has 1 N–H and O–H groups in total. The van der Waals surface area contributed by atoms with Gasteiger partial charge in [-0.05, 0) is 30.7 Å². The zero-order chi connectivity index (χ0) is 15.6. The van der Waals surface area contributed by atoms with Crippen LogP contribution in [0.2, 0.25) is 0 Å². The Morgan fingerprint density at radius 1 is 1.43 bits per heavy atom. The van der Waals surface area contributed by atoms with E-state index in [0.717, 1.165) is 30.3 Å². The lowest BCUT2D eigenvalue weighted by Crippen LogP contribution is -2.06. The van der Waals surface area contributed by atoms with Crippen molar-refractivity contribution in [3.63, 3.8) is 0 Å². The Balaban J connectivity index is 2.29. The van der Waals surface area contributed by atoms with Crippen LogP contribution >= 0.6 is 0 Å². The van der Waals surface area contributed by atoms with Crippen LogP contribution in [0.25, 0.3) is 0 Å². The van der Waals surface area contributed by atoms with Crippen molar-refractivity contribution in [3.8, 4) is 0 Å². The Hall–Kier alpha value is -2.02. The van der Waals surface area contributed by atoms with Crippen molar-refractivity contribution in [2.75, 3.05) is 0 Å². The van der Waals surface area contributed by atoms with Crippen LogP contribution in [0.1, 0.15) is 28.7 Å². The molecule has 0 saturated heterocycles. The number of hydrogen-bond acceptors (Lipinski definition) is 3. The molecule has 1 unspecified atom stereocenters. The third kappa shape index (κ3) is 3.36. The molecule has 21 heavy (non-hydrogen) atoms. The van der Waals surface area contributed by atoms with Crippen molar-refractivity contribution in [1.82, 2.24) is 9.78 Å². The highest BCUT2D eigenvalue weighted by Gasteiger charge is 2.16. The maximum atomic E-state index is 13.7. The van der Waals surface area contributed by atoms with Crippen LogP contribution < -0.4 is 0 Å². The highest BCUT2D eigenvalue weighted by atomic mass is 32.2. The lowest BCUT2D eigenvalue weighted by molar-refractivity contribution is 0.0696.